The fourth-order valence-electron chi connectivity index (χ4n) is 2.38. The molecule has 1 N–H and O–H groups in total. The SMILES string of the molecule is COc1cc(C(=O)c2ncc3ccc(C(=O)O)cn23)ccc1[N+](=O)[O-]. The molecule has 0 amide bonds. The first-order valence-corrected chi connectivity index (χ1v) is 7.00. The Labute approximate surface area is 140 Å². The Balaban J connectivity index is 2.09. The fourth-order valence-corrected chi connectivity index (χ4v) is 2.38. The average Bonchev–Trinajstić information content (AvgIpc) is 3.03. The van der Waals surface area contributed by atoms with Crippen LogP contribution >= 0.6 is 0 Å². The van der Waals surface area contributed by atoms with Gasteiger partial charge in [0.1, 0.15) is 0 Å². The van der Waals surface area contributed by atoms with Crippen molar-refractivity contribution in [2.24, 2.45) is 0 Å². The van der Waals surface area contributed by atoms with E-state index in [1.165, 1.54) is 54.2 Å². The second-order valence-electron chi connectivity index (χ2n) is 5.07. The Morgan fingerprint density at radius 1 is 1.24 bits per heavy atom. The van der Waals surface area contributed by atoms with Crippen LogP contribution in [0.25, 0.3) is 5.52 Å². The topological polar surface area (TPSA) is 124 Å². The van der Waals surface area contributed by atoms with Crippen LogP contribution in [-0.4, -0.2) is 38.3 Å². The number of nitro groups is 1. The van der Waals surface area contributed by atoms with Crippen LogP contribution in [-0.2, 0) is 0 Å². The maximum absolute atomic E-state index is 12.7. The predicted octanol–water partition coefficient (Wildman–Crippen LogP) is 2.18. The standard InChI is InChI=1S/C16H11N3O6/c1-25-13-6-9(3-5-12(13)19(23)24)14(20)15-17-7-11-4-2-10(16(21)22)8-18(11)15/h2-8H,1H3,(H,21,22). The lowest BCUT2D eigenvalue weighted by molar-refractivity contribution is -0.385. The number of ketones is 1. The van der Waals surface area contributed by atoms with E-state index in [0.717, 1.165) is 0 Å². The zero-order valence-electron chi connectivity index (χ0n) is 12.9. The molecule has 0 saturated heterocycles. The largest absolute Gasteiger partial charge is 0.490 e. The molecule has 0 fully saturated rings. The number of nitro benzene ring substituents is 1. The predicted molar refractivity (Wildman–Crippen MR) is 85.2 cm³/mol. The van der Waals surface area contributed by atoms with Gasteiger partial charge in [-0.1, -0.05) is 0 Å². The van der Waals surface area contributed by atoms with Crippen molar-refractivity contribution in [3.63, 3.8) is 0 Å². The van der Waals surface area contributed by atoms with Crippen molar-refractivity contribution in [3.05, 3.63) is 69.8 Å². The van der Waals surface area contributed by atoms with Gasteiger partial charge in [-0.15, -0.1) is 0 Å². The summed E-state index contributed by atoms with van der Waals surface area (Å²) < 4.78 is 6.31. The molecule has 2 aromatic heterocycles. The molecule has 0 radical (unpaired) electrons. The third kappa shape index (κ3) is 2.78. The number of carbonyl (C=O) groups excluding carboxylic acids is 1. The van der Waals surface area contributed by atoms with E-state index in [-0.39, 0.29) is 28.4 Å². The number of methoxy groups -OCH3 is 1. The average molecular weight is 341 g/mol. The zero-order chi connectivity index (χ0) is 18.1. The van der Waals surface area contributed by atoms with E-state index in [0.29, 0.717) is 5.52 Å². The van der Waals surface area contributed by atoms with E-state index >= 15 is 0 Å². The monoisotopic (exact) mass is 341 g/mol. The Bertz CT molecular complexity index is 1020. The van der Waals surface area contributed by atoms with Gasteiger partial charge in [0, 0.05) is 17.8 Å². The summed E-state index contributed by atoms with van der Waals surface area (Å²) >= 11 is 0. The van der Waals surface area contributed by atoms with Gasteiger partial charge in [0.15, 0.2) is 11.6 Å². The van der Waals surface area contributed by atoms with Gasteiger partial charge in [-0.3, -0.25) is 19.3 Å². The summed E-state index contributed by atoms with van der Waals surface area (Å²) in [5, 5.41) is 20.0. The Morgan fingerprint density at radius 3 is 2.60 bits per heavy atom. The zero-order valence-corrected chi connectivity index (χ0v) is 12.9. The first-order chi connectivity index (χ1) is 11.9. The van der Waals surface area contributed by atoms with Gasteiger partial charge in [-0.25, -0.2) is 9.78 Å². The van der Waals surface area contributed by atoms with E-state index in [9.17, 15) is 19.7 Å². The van der Waals surface area contributed by atoms with Crippen LogP contribution in [0, 0.1) is 10.1 Å². The number of benzene rings is 1. The molecule has 0 spiro atoms. The number of aromatic nitrogens is 2. The fraction of sp³-hybridized carbons (Fsp3) is 0.0625. The van der Waals surface area contributed by atoms with Gasteiger partial charge in [-0.05, 0) is 24.3 Å². The molecule has 0 atom stereocenters. The van der Waals surface area contributed by atoms with E-state index in [4.69, 9.17) is 9.84 Å². The minimum Gasteiger partial charge on any atom is -0.490 e. The van der Waals surface area contributed by atoms with Crippen LogP contribution in [0.1, 0.15) is 26.5 Å². The number of imidazole rings is 1. The van der Waals surface area contributed by atoms with Crippen molar-refractivity contribution in [2.45, 2.75) is 0 Å². The molecule has 3 aromatic rings. The van der Waals surface area contributed by atoms with Crippen molar-refractivity contribution in [1.82, 2.24) is 9.38 Å². The van der Waals surface area contributed by atoms with Gasteiger partial charge in [0.05, 0.1) is 29.3 Å². The number of nitrogens with zero attached hydrogens (tertiary/aromatic N) is 3. The highest BCUT2D eigenvalue weighted by Crippen LogP contribution is 2.28. The van der Waals surface area contributed by atoms with Gasteiger partial charge < -0.3 is 9.84 Å². The first kappa shape index (κ1) is 16.1. The van der Waals surface area contributed by atoms with E-state index in [1.54, 1.807) is 0 Å². The van der Waals surface area contributed by atoms with Crippen LogP contribution in [0.2, 0.25) is 0 Å². The summed E-state index contributed by atoms with van der Waals surface area (Å²) in [5.41, 5.74) is 0.416. The number of hydrogen-bond donors (Lipinski definition) is 1. The van der Waals surface area contributed by atoms with Gasteiger partial charge in [-0.2, -0.15) is 0 Å². The number of hydrogen-bond acceptors (Lipinski definition) is 6. The molecule has 1 aromatic carbocycles. The molecule has 0 aliphatic rings. The lowest BCUT2D eigenvalue weighted by atomic mass is 10.1. The Hall–Kier alpha value is -3.75. The van der Waals surface area contributed by atoms with Crippen LogP contribution in [0.5, 0.6) is 5.75 Å². The molecule has 9 heteroatoms. The molecule has 25 heavy (non-hydrogen) atoms. The van der Waals surface area contributed by atoms with E-state index in [1.807, 2.05) is 0 Å². The molecule has 0 saturated carbocycles. The molecular weight excluding hydrogens is 330 g/mol. The summed E-state index contributed by atoms with van der Waals surface area (Å²) in [4.78, 5) is 38.2. The molecule has 9 nitrogen and oxygen atoms in total. The van der Waals surface area contributed by atoms with Crippen LogP contribution in [0.15, 0.2) is 42.7 Å². The van der Waals surface area contributed by atoms with Crippen LogP contribution in [0.3, 0.4) is 0 Å². The number of aromatic carboxylic acids is 1. The Kier molecular flexibility index (Phi) is 3.89. The molecule has 0 aliphatic heterocycles. The Morgan fingerprint density at radius 2 is 1.96 bits per heavy atom. The molecule has 0 unspecified atom stereocenters. The normalized spacial score (nSPS) is 10.6. The van der Waals surface area contributed by atoms with Crippen molar-refractivity contribution >= 4 is 23.0 Å². The van der Waals surface area contributed by atoms with E-state index in [2.05, 4.69) is 4.98 Å². The minimum absolute atomic E-state index is 0.000769. The first-order valence-electron chi connectivity index (χ1n) is 7.00. The number of carbonyl (C=O) groups is 2. The minimum atomic E-state index is -1.13. The summed E-state index contributed by atoms with van der Waals surface area (Å²) in [6.07, 6.45) is 2.72. The second-order valence-corrected chi connectivity index (χ2v) is 5.07. The number of pyridine rings is 1. The third-order valence-corrected chi connectivity index (χ3v) is 3.62. The third-order valence-electron chi connectivity index (χ3n) is 3.62. The lowest BCUT2D eigenvalue weighted by Gasteiger charge is -2.05. The number of fused-ring (bicyclic) bond motifs is 1. The summed E-state index contributed by atoms with van der Waals surface area (Å²) in [6.45, 7) is 0. The second kappa shape index (κ2) is 6.04. The number of carboxylic acids is 1. The number of ether oxygens (including phenoxy) is 1. The van der Waals surface area contributed by atoms with Crippen molar-refractivity contribution in [1.29, 1.82) is 0 Å². The van der Waals surface area contributed by atoms with E-state index < -0.39 is 16.7 Å². The smallest absolute Gasteiger partial charge is 0.337 e. The summed E-state index contributed by atoms with van der Waals surface area (Å²) in [6, 6.07) is 6.66. The van der Waals surface area contributed by atoms with Crippen molar-refractivity contribution in [2.75, 3.05) is 7.11 Å². The molecule has 0 aliphatic carbocycles. The summed E-state index contributed by atoms with van der Waals surface area (Å²) in [5.74, 6) is -1.71. The molecular formula is C16H11N3O6. The molecule has 126 valence electrons. The molecule has 0 bridgehead atoms. The highest BCUT2D eigenvalue weighted by Gasteiger charge is 2.21. The maximum Gasteiger partial charge on any atom is 0.337 e. The van der Waals surface area contributed by atoms with Gasteiger partial charge in [0.25, 0.3) is 0 Å². The van der Waals surface area contributed by atoms with Crippen LogP contribution < -0.4 is 4.74 Å². The maximum atomic E-state index is 12.7. The van der Waals surface area contributed by atoms with Crippen molar-refractivity contribution < 1.29 is 24.4 Å². The summed E-state index contributed by atoms with van der Waals surface area (Å²) in [7, 11) is 1.26. The highest BCUT2D eigenvalue weighted by molar-refractivity contribution is 6.07. The quantitative estimate of drug-likeness (QED) is 0.428. The molecule has 3 rings (SSSR count). The van der Waals surface area contributed by atoms with Crippen LogP contribution in [0.4, 0.5) is 5.69 Å². The van der Waals surface area contributed by atoms with Gasteiger partial charge >= 0.3 is 11.7 Å². The lowest BCUT2D eigenvalue weighted by Crippen LogP contribution is -2.09. The number of carboxylic acid groups (broad SMARTS) is 1. The van der Waals surface area contributed by atoms with Crippen molar-refractivity contribution in [3.8, 4) is 5.75 Å². The highest BCUT2D eigenvalue weighted by atomic mass is 16.6. The molecule has 2 heterocycles. The number of rotatable bonds is 5. The van der Waals surface area contributed by atoms with Gasteiger partial charge in [0.2, 0.25) is 5.78 Å².